The van der Waals surface area contributed by atoms with Crippen LogP contribution in [0, 0.1) is 10.5 Å². The van der Waals surface area contributed by atoms with E-state index in [2.05, 4.69) is 22.6 Å². The molecule has 0 radical (unpaired) electrons. The van der Waals surface area contributed by atoms with E-state index in [-0.39, 0.29) is 5.97 Å². The first-order chi connectivity index (χ1) is 8.16. The van der Waals surface area contributed by atoms with Gasteiger partial charge >= 0.3 is 5.97 Å². The van der Waals surface area contributed by atoms with Crippen molar-refractivity contribution in [1.82, 2.24) is 0 Å². The Bertz CT molecular complexity index is 535. The van der Waals surface area contributed by atoms with Crippen molar-refractivity contribution in [3.05, 3.63) is 63.2 Å². The summed E-state index contributed by atoms with van der Waals surface area (Å²) in [6.07, 6.45) is 0. The lowest BCUT2D eigenvalue weighted by molar-refractivity contribution is 0.0733. The molecule has 0 heterocycles. The fourth-order valence-corrected chi connectivity index (χ4v) is 2.00. The van der Waals surface area contributed by atoms with Crippen molar-refractivity contribution in [3.63, 3.8) is 0 Å². The molecule has 0 saturated heterocycles. The monoisotopic (exact) mass is 338 g/mol. The number of hydrogen-bond acceptors (Lipinski definition) is 2. The Morgan fingerprint density at radius 2 is 1.82 bits per heavy atom. The van der Waals surface area contributed by atoms with E-state index < -0.39 is 0 Å². The van der Waals surface area contributed by atoms with E-state index in [0.717, 1.165) is 9.13 Å². The second-order valence-corrected chi connectivity index (χ2v) is 4.85. The first-order valence-electron chi connectivity index (χ1n) is 5.20. The highest BCUT2D eigenvalue weighted by molar-refractivity contribution is 14.1. The van der Waals surface area contributed by atoms with E-state index in [1.165, 1.54) is 0 Å². The number of aryl methyl sites for hydroxylation is 1. The minimum atomic E-state index is -0.315. The Morgan fingerprint density at radius 1 is 1.12 bits per heavy atom. The van der Waals surface area contributed by atoms with E-state index in [0.29, 0.717) is 11.3 Å². The number of para-hydroxylation sites is 1. The maximum absolute atomic E-state index is 12.0. The number of carbonyl (C=O) groups excluding carboxylic acids is 1. The quantitative estimate of drug-likeness (QED) is 0.473. The molecule has 0 unspecified atom stereocenters. The van der Waals surface area contributed by atoms with Crippen LogP contribution in [0.2, 0.25) is 0 Å². The Kier molecular flexibility index (Phi) is 3.78. The fourth-order valence-electron chi connectivity index (χ4n) is 1.45. The average molecular weight is 338 g/mol. The third-order valence-corrected chi connectivity index (χ3v) is 3.24. The number of halogens is 1. The van der Waals surface area contributed by atoms with Crippen LogP contribution in [-0.4, -0.2) is 5.97 Å². The molecule has 0 saturated carbocycles. The van der Waals surface area contributed by atoms with Crippen LogP contribution in [0.3, 0.4) is 0 Å². The molecule has 2 aromatic rings. The number of esters is 1. The number of carbonyl (C=O) groups is 1. The molecule has 2 nitrogen and oxygen atoms in total. The molecule has 0 aliphatic rings. The summed E-state index contributed by atoms with van der Waals surface area (Å²) in [6.45, 7) is 1.95. The standard InChI is InChI=1S/C14H11IO2/c1-10-7-8-13(15)12(9-10)14(16)17-11-5-3-2-4-6-11/h2-9H,1H3. The lowest BCUT2D eigenvalue weighted by atomic mass is 10.1. The second kappa shape index (κ2) is 5.31. The maximum Gasteiger partial charge on any atom is 0.344 e. The summed E-state index contributed by atoms with van der Waals surface area (Å²) in [7, 11) is 0. The summed E-state index contributed by atoms with van der Waals surface area (Å²) < 4.78 is 6.19. The minimum absolute atomic E-state index is 0.315. The summed E-state index contributed by atoms with van der Waals surface area (Å²) in [6, 6.07) is 14.8. The van der Waals surface area contributed by atoms with Crippen LogP contribution in [0.1, 0.15) is 15.9 Å². The predicted octanol–water partition coefficient (Wildman–Crippen LogP) is 3.82. The van der Waals surface area contributed by atoms with Gasteiger partial charge in [0.05, 0.1) is 5.56 Å². The van der Waals surface area contributed by atoms with Gasteiger partial charge in [-0.25, -0.2) is 4.79 Å². The highest BCUT2D eigenvalue weighted by atomic mass is 127. The van der Waals surface area contributed by atoms with E-state index >= 15 is 0 Å². The van der Waals surface area contributed by atoms with Crippen LogP contribution in [0.4, 0.5) is 0 Å². The van der Waals surface area contributed by atoms with Gasteiger partial charge in [-0.3, -0.25) is 0 Å². The summed E-state index contributed by atoms with van der Waals surface area (Å²) >= 11 is 2.13. The number of hydrogen-bond donors (Lipinski definition) is 0. The van der Waals surface area contributed by atoms with Gasteiger partial charge in [-0.1, -0.05) is 29.8 Å². The van der Waals surface area contributed by atoms with Crippen LogP contribution < -0.4 is 4.74 Å². The van der Waals surface area contributed by atoms with Crippen LogP contribution >= 0.6 is 22.6 Å². The van der Waals surface area contributed by atoms with Crippen molar-refractivity contribution in [2.45, 2.75) is 6.92 Å². The second-order valence-electron chi connectivity index (χ2n) is 3.69. The fraction of sp³-hybridized carbons (Fsp3) is 0.0714. The van der Waals surface area contributed by atoms with Crippen LogP contribution in [0.25, 0.3) is 0 Å². The molecule has 0 N–H and O–H groups in total. The van der Waals surface area contributed by atoms with Crippen molar-refractivity contribution < 1.29 is 9.53 Å². The zero-order valence-corrected chi connectivity index (χ0v) is 11.5. The van der Waals surface area contributed by atoms with Gasteiger partial charge in [0.15, 0.2) is 0 Å². The van der Waals surface area contributed by atoms with Crippen LogP contribution in [0.15, 0.2) is 48.5 Å². The molecular formula is C14H11IO2. The van der Waals surface area contributed by atoms with Gasteiger partial charge in [0.25, 0.3) is 0 Å². The zero-order chi connectivity index (χ0) is 12.3. The normalized spacial score (nSPS) is 10.0. The highest BCUT2D eigenvalue weighted by Gasteiger charge is 2.12. The highest BCUT2D eigenvalue weighted by Crippen LogP contribution is 2.17. The smallest absolute Gasteiger partial charge is 0.344 e. The van der Waals surface area contributed by atoms with Crippen molar-refractivity contribution in [3.8, 4) is 5.75 Å². The summed E-state index contributed by atoms with van der Waals surface area (Å²) in [4.78, 5) is 12.0. The van der Waals surface area contributed by atoms with Gasteiger partial charge in [0.2, 0.25) is 0 Å². The van der Waals surface area contributed by atoms with Crippen molar-refractivity contribution >= 4 is 28.6 Å². The first-order valence-corrected chi connectivity index (χ1v) is 6.28. The van der Waals surface area contributed by atoms with Gasteiger partial charge in [-0.2, -0.15) is 0 Å². The van der Waals surface area contributed by atoms with Gasteiger partial charge in [-0.05, 0) is 53.8 Å². The third-order valence-electron chi connectivity index (χ3n) is 2.30. The van der Waals surface area contributed by atoms with Gasteiger partial charge in [0, 0.05) is 3.57 Å². The molecule has 0 spiro atoms. The Balaban J connectivity index is 2.23. The number of ether oxygens (including phenoxy) is 1. The summed E-state index contributed by atoms with van der Waals surface area (Å²) in [5, 5.41) is 0. The molecule has 0 atom stereocenters. The predicted molar refractivity (Wildman–Crippen MR) is 75.3 cm³/mol. The van der Waals surface area contributed by atoms with Crippen molar-refractivity contribution in [2.75, 3.05) is 0 Å². The molecule has 0 aliphatic carbocycles. The lowest BCUT2D eigenvalue weighted by Crippen LogP contribution is -2.10. The minimum Gasteiger partial charge on any atom is -0.423 e. The molecule has 2 aromatic carbocycles. The molecule has 3 heteroatoms. The average Bonchev–Trinajstić information content (AvgIpc) is 2.33. The van der Waals surface area contributed by atoms with Crippen LogP contribution in [-0.2, 0) is 0 Å². The Labute approximate surface area is 114 Å². The molecule has 86 valence electrons. The molecule has 0 aromatic heterocycles. The molecule has 0 bridgehead atoms. The first kappa shape index (κ1) is 12.1. The number of benzene rings is 2. The van der Waals surface area contributed by atoms with Crippen LogP contribution in [0.5, 0.6) is 5.75 Å². The topological polar surface area (TPSA) is 26.3 Å². The molecule has 0 amide bonds. The number of rotatable bonds is 2. The third kappa shape index (κ3) is 3.06. The van der Waals surface area contributed by atoms with Crippen molar-refractivity contribution in [1.29, 1.82) is 0 Å². The van der Waals surface area contributed by atoms with E-state index in [9.17, 15) is 4.79 Å². The van der Waals surface area contributed by atoms with Gasteiger partial charge in [0.1, 0.15) is 5.75 Å². The largest absolute Gasteiger partial charge is 0.423 e. The van der Waals surface area contributed by atoms with Gasteiger partial charge < -0.3 is 4.74 Å². The maximum atomic E-state index is 12.0. The van der Waals surface area contributed by atoms with E-state index in [1.807, 2.05) is 43.3 Å². The zero-order valence-electron chi connectivity index (χ0n) is 9.31. The molecule has 2 rings (SSSR count). The Morgan fingerprint density at radius 3 is 2.53 bits per heavy atom. The van der Waals surface area contributed by atoms with E-state index in [4.69, 9.17) is 4.74 Å². The lowest BCUT2D eigenvalue weighted by Gasteiger charge is -2.06. The SMILES string of the molecule is Cc1ccc(I)c(C(=O)Oc2ccccc2)c1. The molecular weight excluding hydrogens is 327 g/mol. The summed E-state index contributed by atoms with van der Waals surface area (Å²) in [5.74, 6) is 0.249. The van der Waals surface area contributed by atoms with Crippen molar-refractivity contribution in [2.24, 2.45) is 0 Å². The van der Waals surface area contributed by atoms with Gasteiger partial charge in [-0.15, -0.1) is 0 Å². The summed E-state index contributed by atoms with van der Waals surface area (Å²) in [5.41, 5.74) is 1.65. The van der Waals surface area contributed by atoms with E-state index in [1.54, 1.807) is 12.1 Å². The molecule has 0 fully saturated rings. The Hall–Kier alpha value is -1.36. The molecule has 0 aliphatic heterocycles. The molecule has 17 heavy (non-hydrogen) atoms.